The number of amides is 1. The lowest BCUT2D eigenvalue weighted by atomic mass is 9.99. The van der Waals surface area contributed by atoms with E-state index >= 15 is 0 Å². The Kier molecular flexibility index (Phi) is 13.4. The number of nitrogens with zero attached hydrogens (tertiary/aromatic N) is 6. The Bertz CT molecular complexity index is 1080. The summed E-state index contributed by atoms with van der Waals surface area (Å²) in [6, 6.07) is 5.61. The molecule has 0 atom stereocenters. The van der Waals surface area contributed by atoms with Gasteiger partial charge in [-0.1, -0.05) is 46.2 Å². The molecule has 12 heteroatoms. The van der Waals surface area contributed by atoms with Crippen LogP contribution in [0.4, 0.5) is 0 Å². The highest BCUT2D eigenvalue weighted by atomic mass is 28.3. The second-order valence-corrected chi connectivity index (χ2v) is 25.0. The first-order valence-corrected chi connectivity index (χ1v) is 22.4. The Hall–Kier alpha value is -2.55. The summed E-state index contributed by atoms with van der Waals surface area (Å²) in [7, 11) is -0.539. The molecule has 42 heavy (non-hydrogen) atoms. The minimum Gasteiger partial charge on any atom is -0.389 e. The summed E-state index contributed by atoms with van der Waals surface area (Å²) >= 11 is 0. The average molecular weight is 618 g/mol. The van der Waals surface area contributed by atoms with E-state index < -0.39 is 21.7 Å². The van der Waals surface area contributed by atoms with Gasteiger partial charge in [-0.25, -0.2) is 5.01 Å². The highest BCUT2D eigenvalue weighted by Gasteiger charge is 2.36. The van der Waals surface area contributed by atoms with Gasteiger partial charge in [0, 0.05) is 55.0 Å². The fourth-order valence-electron chi connectivity index (χ4n) is 4.52. The summed E-state index contributed by atoms with van der Waals surface area (Å²) in [4.78, 5) is 17.4. The molecule has 1 aromatic rings. The van der Waals surface area contributed by atoms with Crippen LogP contribution in [0.25, 0.3) is 0 Å². The minimum atomic E-state index is -1.25. The van der Waals surface area contributed by atoms with E-state index in [-0.39, 0.29) is 5.91 Å². The van der Waals surface area contributed by atoms with Crippen molar-refractivity contribution in [2.75, 3.05) is 46.8 Å². The maximum absolute atomic E-state index is 13.3. The van der Waals surface area contributed by atoms with Crippen molar-refractivity contribution in [1.82, 2.24) is 30.3 Å². The summed E-state index contributed by atoms with van der Waals surface area (Å²) in [5, 5.41) is 17.4. The number of ether oxygens (including phenoxy) is 2. The molecule has 0 fully saturated rings. The molecule has 0 unspecified atom stereocenters. The first-order valence-electron chi connectivity index (χ1n) is 15.0. The second-order valence-electron chi connectivity index (χ2n) is 13.8. The fourth-order valence-corrected chi connectivity index (χ4v) is 6.04. The van der Waals surface area contributed by atoms with Crippen molar-refractivity contribution in [3.05, 3.63) is 47.2 Å². The summed E-state index contributed by atoms with van der Waals surface area (Å²) in [5.74, 6) is -0.148. The van der Waals surface area contributed by atoms with Crippen LogP contribution in [-0.4, -0.2) is 106 Å². The van der Waals surface area contributed by atoms with Crippen LogP contribution in [0.1, 0.15) is 37.7 Å². The lowest BCUT2D eigenvalue weighted by Gasteiger charge is -2.40. The van der Waals surface area contributed by atoms with Crippen LogP contribution in [0, 0.1) is 0 Å². The molecule has 1 aliphatic heterocycles. The van der Waals surface area contributed by atoms with E-state index in [4.69, 9.17) is 9.47 Å². The molecule has 0 bridgehead atoms. The third-order valence-electron chi connectivity index (χ3n) is 7.25. The Morgan fingerprint density at radius 3 is 2.24 bits per heavy atom. The lowest BCUT2D eigenvalue weighted by Crippen LogP contribution is -2.46. The number of carbonyl (C=O) groups is 1. The quantitative estimate of drug-likeness (QED) is 0.0782. The molecule has 1 amide bonds. The second kappa shape index (κ2) is 15.8. The number of carbonyl (C=O) groups excluding carboxylic acids is 1. The summed E-state index contributed by atoms with van der Waals surface area (Å²) in [6.07, 6.45) is 4.56. The molecule has 2 rings (SSSR count). The molecule has 0 aromatic carbocycles. The number of allylic oxidation sites excluding steroid dienone is 1. The van der Waals surface area contributed by atoms with Crippen molar-refractivity contribution in [3.8, 4) is 0 Å². The van der Waals surface area contributed by atoms with Crippen molar-refractivity contribution in [1.29, 1.82) is 0 Å². The fraction of sp³-hybridized carbons (Fsp3) is 0.667. The van der Waals surface area contributed by atoms with Gasteiger partial charge in [-0.2, -0.15) is 10.2 Å². The van der Waals surface area contributed by atoms with E-state index in [1.165, 1.54) is 0 Å². The SMILES string of the molecule is C=NN(COCC[Si](C)(C)C)/C(=C/C(C)(C)N(COCC[Si](C)(C)C)C1=C(NC)CN(C(=O)c2cccnn2)C1)CC. The Labute approximate surface area is 256 Å². The molecule has 1 N–H and O–H groups in total. The van der Waals surface area contributed by atoms with E-state index in [2.05, 4.69) is 98.4 Å². The van der Waals surface area contributed by atoms with Crippen LogP contribution in [0.5, 0.6) is 0 Å². The molecule has 2 heterocycles. The molecule has 1 aliphatic rings. The van der Waals surface area contributed by atoms with E-state index in [1.807, 2.05) is 12.1 Å². The van der Waals surface area contributed by atoms with E-state index in [1.54, 1.807) is 23.2 Å². The van der Waals surface area contributed by atoms with Gasteiger partial charge in [-0.3, -0.25) is 4.79 Å². The Morgan fingerprint density at radius 1 is 1.12 bits per heavy atom. The number of nitrogens with one attached hydrogen (secondary N) is 1. The van der Waals surface area contributed by atoms with Crippen LogP contribution >= 0.6 is 0 Å². The molecular weight excluding hydrogens is 563 g/mol. The molecule has 0 aliphatic carbocycles. The maximum atomic E-state index is 13.3. The van der Waals surface area contributed by atoms with Crippen LogP contribution < -0.4 is 5.32 Å². The van der Waals surface area contributed by atoms with Crippen molar-refractivity contribution in [2.24, 2.45) is 5.10 Å². The highest BCUT2D eigenvalue weighted by molar-refractivity contribution is 6.76. The zero-order valence-electron chi connectivity index (χ0n) is 27.8. The zero-order chi connectivity index (χ0) is 31.6. The number of hydrogen-bond acceptors (Lipinski definition) is 9. The van der Waals surface area contributed by atoms with Crippen LogP contribution in [0.15, 0.2) is 46.6 Å². The molecule has 1 aromatic heterocycles. The van der Waals surface area contributed by atoms with Crippen molar-refractivity contribution in [2.45, 2.75) is 84.1 Å². The van der Waals surface area contributed by atoms with Gasteiger partial charge in [0.1, 0.15) is 13.5 Å². The summed E-state index contributed by atoms with van der Waals surface area (Å²) in [5.41, 5.74) is 2.88. The molecule has 10 nitrogen and oxygen atoms in total. The molecule has 0 saturated heterocycles. The van der Waals surface area contributed by atoms with E-state index in [9.17, 15) is 4.79 Å². The largest absolute Gasteiger partial charge is 0.389 e. The predicted octanol–water partition coefficient (Wildman–Crippen LogP) is 5.28. The number of aromatic nitrogens is 2. The Morgan fingerprint density at radius 2 is 1.74 bits per heavy atom. The lowest BCUT2D eigenvalue weighted by molar-refractivity contribution is 0.0141. The number of likely N-dealkylation sites (N-methyl/N-ethyl adjacent to an activating group) is 1. The van der Waals surface area contributed by atoms with Gasteiger partial charge in [0.15, 0.2) is 5.69 Å². The van der Waals surface area contributed by atoms with Gasteiger partial charge in [0.2, 0.25) is 0 Å². The number of rotatable bonds is 18. The van der Waals surface area contributed by atoms with Crippen LogP contribution in [0.3, 0.4) is 0 Å². The maximum Gasteiger partial charge on any atom is 0.275 e. The molecule has 0 radical (unpaired) electrons. The van der Waals surface area contributed by atoms with Crippen molar-refractivity contribution in [3.63, 3.8) is 0 Å². The molecule has 0 saturated carbocycles. The predicted molar refractivity (Wildman–Crippen MR) is 178 cm³/mol. The molecular formula is C30H55N7O3Si2. The van der Waals surface area contributed by atoms with Crippen LogP contribution in [0.2, 0.25) is 51.4 Å². The van der Waals surface area contributed by atoms with Gasteiger partial charge in [0.25, 0.3) is 5.91 Å². The topological polar surface area (TPSA) is 95.4 Å². The third kappa shape index (κ3) is 11.3. The van der Waals surface area contributed by atoms with Gasteiger partial charge in [-0.05, 0) is 50.6 Å². The Balaban J connectivity index is 2.35. The van der Waals surface area contributed by atoms with Crippen molar-refractivity contribution < 1.29 is 14.3 Å². The molecule has 0 spiro atoms. The number of hydrazone groups is 1. The summed E-state index contributed by atoms with van der Waals surface area (Å²) in [6.45, 7) is 27.5. The minimum absolute atomic E-state index is 0.148. The van der Waals surface area contributed by atoms with Crippen molar-refractivity contribution >= 4 is 28.8 Å². The first-order chi connectivity index (χ1) is 19.6. The standard InChI is InChI=1S/C30H55N7O3Si2/c1-12-25(37(32-5)24-40-17-19-42(9,10)11)20-30(2,3)36(23-39-16-18-41(6,7)8)28-22-35(21-27(28)31-4)29(38)26-14-13-15-33-34-26/h13-15,20,31H,5,12,16-19,21-24H2,1-4,6-11H3/b25-20+. The first kappa shape index (κ1) is 35.6. The monoisotopic (exact) mass is 617 g/mol. The summed E-state index contributed by atoms with van der Waals surface area (Å²) < 4.78 is 12.4. The van der Waals surface area contributed by atoms with Crippen LogP contribution in [-0.2, 0) is 9.47 Å². The third-order valence-corrected chi connectivity index (χ3v) is 10.7. The average Bonchev–Trinajstić information content (AvgIpc) is 3.34. The highest BCUT2D eigenvalue weighted by Crippen LogP contribution is 2.30. The van der Waals surface area contributed by atoms with Gasteiger partial charge >= 0.3 is 0 Å². The zero-order valence-corrected chi connectivity index (χ0v) is 29.8. The van der Waals surface area contributed by atoms with Gasteiger partial charge < -0.3 is 24.6 Å². The smallest absolute Gasteiger partial charge is 0.275 e. The molecule has 236 valence electrons. The van der Waals surface area contributed by atoms with E-state index in [0.717, 1.165) is 35.6 Å². The number of hydrogen-bond donors (Lipinski definition) is 1. The van der Waals surface area contributed by atoms with Gasteiger partial charge in [0.05, 0.1) is 30.0 Å². The normalized spacial score (nSPS) is 14.8. The van der Waals surface area contributed by atoms with Gasteiger partial charge in [-0.15, -0.1) is 5.10 Å². The van der Waals surface area contributed by atoms with E-state index in [0.29, 0.717) is 45.5 Å².